The normalized spacial score (nSPS) is 10.7. The Kier molecular flexibility index (Phi) is 6.66. The molecule has 0 bridgehead atoms. The van der Waals surface area contributed by atoms with Crippen molar-refractivity contribution in [3.8, 4) is 11.5 Å². The van der Waals surface area contributed by atoms with E-state index in [0.717, 1.165) is 12.0 Å². The van der Waals surface area contributed by atoms with Gasteiger partial charge in [0.15, 0.2) is 0 Å². The third-order valence-corrected chi connectivity index (χ3v) is 4.64. The van der Waals surface area contributed by atoms with E-state index in [0.29, 0.717) is 29.5 Å². The average Bonchev–Trinajstić information content (AvgIpc) is 3.16. The van der Waals surface area contributed by atoms with Crippen LogP contribution in [0.1, 0.15) is 35.3 Å². The van der Waals surface area contributed by atoms with Gasteiger partial charge in [0.05, 0.1) is 12.7 Å². The summed E-state index contributed by atoms with van der Waals surface area (Å²) in [4.78, 5) is 16.9. The van der Waals surface area contributed by atoms with Crippen LogP contribution in [0.5, 0.6) is 11.5 Å². The summed E-state index contributed by atoms with van der Waals surface area (Å²) in [6.07, 6.45) is 2.52. The van der Waals surface area contributed by atoms with Crippen molar-refractivity contribution in [3.63, 3.8) is 0 Å². The molecule has 1 aromatic carbocycles. The number of pyridine rings is 1. The summed E-state index contributed by atoms with van der Waals surface area (Å²) in [5, 5.41) is 6.97. The fraction of sp³-hybridized carbons (Fsp3) is 0.273. The minimum atomic E-state index is -0.256. The number of benzene rings is 1. The zero-order valence-corrected chi connectivity index (χ0v) is 17.1. The van der Waals surface area contributed by atoms with Gasteiger partial charge in [0.1, 0.15) is 17.3 Å². The van der Waals surface area contributed by atoms with E-state index in [9.17, 15) is 4.79 Å². The molecule has 2 aromatic heterocycles. The molecule has 2 heterocycles. The molecule has 0 unspecified atom stereocenters. The van der Waals surface area contributed by atoms with E-state index in [1.807, 2.05) is 38.3 Å². The molecule has 3 rings (SSSR count). The summed E-state index contributed by atoms with van der Waals surface area (Å²) in [7, 11) is 0. The van der Waals surface area contributed by atoms with Crippen LogP contribution in [0.15, 0.2) is 53.4 Å². The smallest absolute Gasteiger partial charge is 0.257 e. The maximum atomic E-state index is 12.7. The molecular formula is C22H24N2O3S. The minimum absolute atomic E-state index is 0.00395. The zero-order valence-electron chi connectivity index (χ0n) is 16.3. The van der Waals surface area contributed by atoms with Crippen molar-refractivity contribution in [1.82, 2.24) is 4.98 Å². The Bertz CT molecular complexity index is 906. The van der Waals surface area contributed by atoms with Gasteiger partial charge in [-0.3, -0.25) is 4.79 Å². The number of ether oxygens (including phenoxy) is 2. The van der Waals surface area contributed by atoms with Crippen molar-refractivity contribution in [3.05, 3.63) is 70.0 Å². The van der Waals surface area contributed by atoms with Gasteiger partial charge < -0.3 is 14.8 Å². The number of carbonyl (C=O) groups excluding carboxylic acids is 1. The Morgan fingerprint density at radius 2 is 2.00 bits per heavy atom. The van der Waals surface area contributed by atoms with Crippen LogP contribution in [0.3, 0.4) is 0 Å². The van der Waals surface area contributed by atoms with E-state index < -0.39 is 0 Å². The lowest BCUT2D eigenvalue weighted by Gasteiger charge is -2.14. The Labute approximate surface area is 169 Å². The molecule has 0 atom stereocenters. The van der Waals surface area contributed by atoms with E-state index >= 15 is 0 Å². The number of rotatable bonds is 8. The van der Waals surface area contributed by atoms with Crippen molar-refractivity contribution in [2.24, 2.45) is 0 Å². The summed E-state index contributed by atoms with van der Waals surface area (Å²) in [5.74, 6) is 1.46. The molecule has 0 radical (unpaired) electrons. The van der Waals surface area contributed by atoms with Gasteiger partial charge >= 0.3 is 0 Å². The Morgan fingerprint density at radius 1 is 1.18 bits per heavy atom. The molecule has 1 amide bonds. The maximum absolute atomic E-state index is 12.7. The van der Waals surface area contributed by atoms with Gasteiger partial charge in [0, 0.05) is 24.2 Å². The van der Waals surface area contributed by atoms with Gasteiger partial charge in [0.2, 0.25) is 0 Å². The van der Waals surface area contributed by atoms with Gasteiger partial charge in [0.25, 0.3) is 5.91 Å². The number of carbonyl (C=O) groups is 1. The van der Waals surface area contributed by atoms with E-state index in [1.54, 1.807) is 35.7 Å². The summed E-state index contributed by atoms with van der Waals surface area (Å²) in [6.45, 7) is 6.37. The topological polar surface area (TPSA) is 60.5 Å². The van der Waals surface area contributed by atoms with E-state index in [1.165, 1.54) is 5.56 Å². The number of nitrogens with one attached hydrogen (secondary N) is 1. The molecular weight excluding hydrogens is 372 g/mol. The van der Waals surface area contributed by atoms with Crippen molar-refractivity contribution in [2.45, 2.75) is 33.3 Å². The predicted molar refractivity (Wildman–Crippen MR) is 113 cm³/mol. The van der Waals surface area contributed by atoms with Gasteiger partial charge in [-0.15, -0.1) is 0 Å². The SMILES string of the molecule is Cc1ccc(NC(=O)c2cc(OCCc3ccsc3)cc(OC(C)C)c2)nc1. The lowest BCUT2D eigenvalue weighted by atomic mass is 10.1. The number of aryl methyl sites for hydroxylation is 1. The van der Waals surface area contributed by atoms with Crippen LogP contribution >= 0.6 is 11.3 Å². The third kappa shape index (κ3) is 5.82. The van der Waals surface area contributed by atoms with Crippen LogP contribution in [0.2, 0.25) is 0 Å². The number of hydrogen-bond acceptors (Lipinski definition) is 5. The second-order valence-electron chi connectivity index (χ2n) is 6.76. The lowest BCUT2D eigenvalue weighted by Crippen LogP contribution is -2.14. The van der Waals surface area contributed by atoms with Gasteiger partial charge in [-0.2, -0.15) is 11.3 Å². The highest BCUT2D eigenvalue weighted by molar-refractivity contribution is 7.07. The molecule has 1 N–H and O–H groups in total. The molecule has 6 heteroatoms. The number of anilines is 1. The third-order valence-electron chi connectivity index (χ3n) is 3.91. The highest BCUT2D eigenvalue weighted by Gasteiger charge is 2.12. The van der Waals surface area contributed by atoms with E-state index in [2.05, 4.69) is 21.7 Å². The van der Waals surface area contributed by atoms with Gasteiger partial charge in [-0.05, 0) is 66.9 Å². The summed E-state index contributed by atoms with van der Waals surface area (Å²) >= 11 is 1.67. The molecule has 28 heavy (non-hydrogen) atoms. The fourth-order valence-corrected chi connectivity index (χ4v) is 3.28. The van der Waals surface area contributed by atoms with Gasteiger partial charge in [-0.1, -0.05) is 6.07 Å². The monoisotopic (exact) mass is 396 g/mol. The number of nitrogens with zero attached hydrogens (tertiary/aromatic N) is 1. The Morgan fingerprint density at radius 3 is 2.68 bits per heavy atom. The fourth-order valence-electron chi connectivity index (χ4n) is 2.58. The first-order valence-corrected chi connectivity index (χ1v) is 10.1. The molecule has 3 aromatic rings. The first-order valence-electron chi connectivity index (χ1n) is 9.19. The molecule has 0 saturated heterocycles. The molecule has 0 spiro atoms. The molecule has 0 aliphatic rings. The number of thiophene rings is 1. The molecule has 0 aliphatic heterocycles. The molecule has 5 nitrogen and oxygen atoms in total. The quantitative estimate of drug-likeness (QED) is 0.575. The van der Waals surface area contributed by atoms with Crippen LogP contribution in [0.25, 0.3) is 0 Å². The van der Waals surface area contributed by atoms with Crippen LogP contribution in [0.4, 0.5) is 5.82 Å². The number of aromatic nitrogens is 1. The zero-order chi connectivity index (χ0) is 19.9. The van der Waals surface area contributed by atoms with Crippen molar-refractivity contribution in [1.29, 1.82) is 0 Å². The van der Waals surface area contributed by atoms with Crippen LogP contribution in [-0.2, 0) is 6.42 Å². The van der Waals surface area contributed by atoms with Crippen LogP contribution < -0.4 is 14.8 Å². The Hall–Kier alpha value is -2.86. The second kappa shape index (κ2) is 9.37. The van der Waals surface area contributed by atoms with Crippen molar-refractivity contribution >= 4 is 23.1 Å². The average molecular weight is 397 g/mol. The standard InChI is InChI=1S/C22H24N2O3S/c1-15(2)27-20-11-18(22(25)24-21-5-4-16(3)13-23-21)10-19(12-20)26-8-6-17-7-9-28-14-17/h4-5,7,9-15H,6,8H2,1-3H3,(H,23,24,25). The maximum Gasteiger partial charge on any atom is 0.257 e. The molecule has 0 fully saturated rings. The lowest BCUT2D eigenvalue weighted by molar-refractivity contribution is 0.102. The van der Waals surface area contributed by atoms with E-state index in [-0.39, 0.29) is 12.0 Å². The van der Waals surface area contributed by atoms with Crippen molar-refractivity contribution in [2.75, 3.05) is 11.9 Å². The minimum Gasteiger partial charge on any atom is -0.493 e. The number of hydrogen-bond donors (Lipinski definition) is 1. The molecule has 0 saturated carbocycles. The van der Waals surface area contributed by atoms with E-state index in [4.69, 9.17) is 9.47 Å². The molecule has 0 aliphatic carbocycles. The first-order chi connectivity index (χ1) is 13.5. The number of amides is 1. The first kappa shape index (κ1) is 19.9. The largest absolute Gasteiger partial charge is 0.493 e. The Balaban J connectivity index is 1.74. The van der Waals surface area contributed by atoms with Crippen LogP contribution in [-0.4, -0.2) is 23.6 Å². The summed E-state index contributed by atoms with van der Waals surface area (Å²) < 4.78 is 11.7. The molecule has 146 valence electrons. The second-order valence-corrected chi connectivity index (χ2v) is 7.54. The van der Waals surface area contributed by atoms with Crippen LogP contribution in [0, 0.1) is 6.92 Å². The predicted octanol–water partition coefficient (Wildman–Crippen LogP) is 5.11. The summed E-state index contributed by atoms with van der Waals surface area (Å²) in [6, 6.07) is 11.0. The highest BCUT2D eigenvalue weighted by Crippen LogP contribution is 2.25. The van der Waals surface area contributed by atoms with Gasteiger partial charge in [-0.25, -0.2) is 4.98 Å². The highest BCUT2D eigenvalue weighted by atomic mass is 32.1. The van der Waals surface area contributed by atoms with Crippen molar-refractivity contribution < 1.29 is 14.3 Å². The summed E-state index contributed by atoms with van der Waals surface area (Å²) in [5.41, 5.74) is 2.74.